The van der Waals surface area contributed by atoms with E-state index in [2.05, 4.69) is 15.5 Å². The summed E-state index contributed by atoms with van der Waals surface area (Å²) in [5, 5.41) is 18.4. The Balaban J connectivity index is 2.06. The Morgan fingerprint density at radius 1 is 1.56 bits per heavy atom. The highest BCUT2D eigenvalue weighted by Crippen LogP contribution is 2.15. The lowest BCUT2D eigenvalue weighted by Gasteiger charge is -2.07. The van der Waals surface area contributed by atoms with E-state index in [0.29, 0.717) is 23.5 Å². The lowest BCUT2D eigenvalue weighted by atomic mass is 10.1. The topological polar surface area (TPSA) is 104 Å². The Labute approximate surface area is 104 Å². The van der Waals surface area contributed by atoms with Gasteiger partial charge in [0.1, 0.15) is 11.6 Å². The van der Waals surface area contributed by atoms with Crippen molar-refractivity contribution in [3.05, 3.63) is 41.1 Å². The number of carbonyl (C=O) groups excluding carboxylic acids is 1. The summed E-state index contributed by atoms with van der Waals surface area (Å²) in [7, 11) is 0. The number of rotatable bonds is 3. The summed E-state index contributed by atoms with van der Waals surface area (Å²) >= 11 is 0. The van der Waals surface area contributed by atoms with Crippen molar-refractivity contribution < 1.29 is 9.90 Å². The third-order valence-corrected chi connectivity index (χ3v) is 2.65. The molecule has 0 fully saturated rings. The van der Waals surface area contributed by atoms with Crippen LogP contribution in [0.3, 0.4) is 0 Å². The molecule has 1 aromatic carbocycles. The minimum atomic E-state index is -0.215. The van der Waals surface area contributed by atoms with E-state index in [0.717, 1.165) is 5.56 Å². The zero-order valence-corrected chi connectivity index (χ0v) is 9.90. The molecule has 2 aromatic rings. The van der Waals surface area contributed by atoms with Gasteiger partial charge in [0.2, 0.25) is 0 Å². The predicted octanol–water partition coefficient (Wildman–Crippen LogP) is 0.936. The maximum absolute atomic E-state index is 11.9. The van der Waals surface area contributed by atoms with Gasteiger partial charge in [-0.25, -0.2) is 0 Å². The van der Waals surface area contributed by atoms with Gasteiger partial charge in [0, 0.05) is 17.7 Å². The number of phenolic OH excluding ortho intramolecular Hbond substituents is 1. The number of nitrogens with one attached hydrogen (secondary N) is 2. The van der Waals surface area contributed by atoms with Crippen LogP contribution in [0.2, 0.25) is 0 Å². The molecule has 0 aliphatic rings. The summed E-state index contributed by atoms with van der Waals surface area (Å²) in [5.41, 5.74) is 7.59. The lowest BCUT2D eigenvalue weighted by Crippen LogP contribution is -2.23. The number of hydrogen-bond acceptors (Lipinski definition) is 4. The van der Waals surface area contributed by atoms with E-state index < -0.39 is 0 Å². The number of aromatic hydroxyl groups is 1. The van der Waals surface area contributed by atoms with Gasteiger partial charge in [0.05, 0.1) is 6.20 Å². The number of benzene rings is 1. The molecule has 0 unspecified atom stereocenters. The molecule has 6 nitrogen and oxygen atoms in total. The summed E-state index contributed by atoms with van der Waals surface area (Å²) in [5.74, 6) is 0.369. The van der Waals surface area contributed by atoms with Crippen LogP contribution in [0.4, 0.5) is 5.82 Å². The maximum atomic E-state index is 11.9. The molecule has 94 valence electrons. The largest absolute Gasteiger partial charge is 0.508 e. The summed E-state index contributed by atoms with van der Waals surface area (Å²) in [4.78, 5) is 11.9. The van der Waals surface area contributed by atoms with Crippen molar-refractivity contribution in [3.8, 4) is 5.75 Å². The van der Waals surface area contributed by atoms with Gasteiger partial charge in [0.25, 0.3) is 5.91 Å². The number of hydrogen-bond donors (Lipinski definition) is 4. The summed E-state index contributed by atoms with van der Waals surface area (Å²) < 4.78 is 0. The fourth-order valence-electron chi connectivity index (χ4n) is 1.64. The smallest absolute Gasteiger partial charge is 0.251 e. The molecule has 6 heteroatoms. The first-order chi connectivity index (χ1) is 8.58. The molecule has 0 saturated heterocycles. The van der Waals surface area contributed by atoms with Gasteiger partial charge < -0.3 is 16.2 Å². The van der Waals surface area contributed by atoms with Crippen LogP contribution < -0.4 is 11.1 Å². The van der Waals surface area contributed by atoms with Crippen molar-refractivity contribution in [3.63, 3.8) is 0 Å². The van der Waals surface area contributed by atoms with Crippen LogP contribution in [0.15, 0.2) is 24.4 Å². The Morgan fingerprint density at radius 2 is 2.33 bits per heavy atom. The molecule has 1 aromatic heterocycles. The molecule has 0 saturated carbocycles. The average Bonchev–Trinajstić information content (AvgIpc) is 2.72. The number of phenols is 1. The first-order valence-corrected chi connectivity index (χ1v) is 5.43. The normalized spacial score (nSPS) is 10.3. The van der Waals surface area contributed by atoms with Crippen molar-refractivity contribution in [2.24, 2.45) is 0 Å². The molecule has 2 rings (SSSR count). The number of nitrogens with zero attached hydrogens (tertiary/aromatic N) is 1. The van der Waals surface area contributed by atoms with Gasteiger partial charge in [-0.1, -0.05) is 0 Å². The molecule has 0 bridgehead atoms. The van der Waals surface area contributed by atoms with E-state index in [9.17, 15) is 9.90 Å². The maximum Gasteiger partial charge on any atom is 0.251 e. The van der Waals surface area contributed by atoms with Gasteiger partial charge >= 0.3 is 0 Å². The minimum Gasteiger partial charge on any atom is -0.508 e. The van der Waals surface area contributed by atoms with Crippen LogP contribution in [0.25, 0.3) is 0 Å². The number of aromatic amines is 1. The molecule has 0 aliphatic carbocycles. The highest BCUT2D eigenvalue weighted by atomic mass is 16.3. The van der Waals surface area contributed by atoms with E-state index >= 15 is 0 Å². The van der Waals surface area contributed by atoms with Crippen LogP contribution in [0.5, 0.6) is 5.75 Å². The van der Waals surface area contributed by atoms with Gasteiger partial charge in [-0.2, -0.15) is 5.10 Å². The Morgan fingerprint density at radius 3 is 2.94 bits per heavy atom. The summed E-state index contributed by atoms with van der Waals surface area (Å²) in [6, 6.07) is 4.61. The standard InChI is InChI=1S/C12H14N4O2/c1-7-4-9(17)2-3-10(7)12(18)14-5-8-6-15-16-11(8)13/h2-4,6,17H,5H2,1H3,(H,14,18)(H3,13,15,16). The van der Waals surface area contributed by atoms with Crippen molar-refractivity contribution in [2.75, 3.05) is 5.73 Å². The van der Waals surface area contributed by atoms with Crippen LogP contribution in [0.1, 0.15) is 21.5 Å². The summed E-state index contributed by atoms with van der Waals surface area (Å²) in [6.07, 6.45) is 1.57. The molecule has 1 heterocycles. The Bertz CT molecular complexity index is 577. The van der Waals surface area contributed by atoms with Crippen molar-refractivity contribution in [2.45, 2.75) is 13.5 Å². The molecular formula is C12H14N4O2. The van der Waals surface area contributed by atoms with Gasteiger partial charge in [-0.15, -0.1) is 0 Å². The zero-order valence-electron chi connectivity index (χ0n) is 9.90. The minimum absolute atomic E-state index is 0.142. The van der Waals surface area contributed by atoms with E-state index in [1.54, 1.807) is 25.3 Å². The number of nitrogen functional groups attached to an aromatic ring is 1. The van der Waals surface area contributed by atoms with Gasteiger partial charge in [-0.3, -0.25) is 9.89 Å². The van der Waals surface area contributed by atoms with E-state index in [4.69, 9.17) is 5.73 Å². The second-order valence-electron chi connectivity index (χ2n) is 3.99. The van der Waals surface area contributed by atoms with E-state index in [1.807, 2.05) is 0 Å². The quantitative estimate of drug-likeness (QED) is 0.646. The lowest BCUT2D eigenvalue weighted by molar-refractivity contribution is 0.0950. The second-order valence-corrected chi connectivity index (χ2v) is 3.99. The molecule has 5 N–H and O–H groups in total. The third kappa shape index (κ3) is 2.42. The summed E-state index contributed by atoms with van der Waals surface area (Å²) in [6.45, 7) is 2.07. The molecular weight excluding hydrogens is 232 g/mol. The second kappa shape index (κ2) is 4.79. The number of carbonyl (C=O) groups is 1. The Hall–Kier alpha value is -2.50. The number of anilines is 1. The molecule has 0 aliphatic heterocycles. The molecule has 1 amide bonds. The van der Waals surface area contributed by atoms with Crippen molar-refractivity contribution in [1.29, 1.82) is 0 Å². The fourth-order valence-corrected chi connectivity index (χ4v) is 1.64. The molecule has 0 atom stereocenters. The van der Waals surface area contributed by atoms with Crippen molar-refractivity contribution in [1.82, 2.24) is 15.5 Å². The molecule has 18 heavy (non-hydrogen) atoms. The average molecular weight is 246 g/mol. The monoisotopic (exact) mass is 246 g/mol. The van der Waals surface area contributed by atoms with E-state index in [1.165, 1.54) is 6.07 Å². The van der Waals surface area contributed by atoms with Gasteiger partial charge in [0.15, 0.2) is 0 Å². The van der Waals surface area contributed by atoms with Crippen LogP contribution >= 0.6 is 0 Å². The zero-order chi connectivity index (χ0) is 13.1. The first kappa shape index (κ1) is 12.0. The number of aryl methyl sites for hydroxylation is 1. The van der Waals surface area contributed by atoms with Gasteiger partial charge in [-0.05, 0) is 30.7 Å². The third-order valence-electron chi connectivity index (χ3n) is 2.65. The van der Waals surface area contributed by atoms with Crippen LogP contribution in [-0.4, -0.2) is 21.2 Å². The fraction of sp³-hybridized carbons (Fsp3) is 0.167. The number of H-pyrrole nitrogens is 1. The highest BCUT2D eigenvalue weighted by molar-refractivity contribution is 5.95. The number of nitrogens with two attached hydrogens (primary N) is 1. The van der Waals surface area contributed by atoms with Crippen LogP contribution in [0, 0.1) is 6.92 Å². The number of aromatic nitrogens is 2. The SMILES string of the molecule is Cc1cc(O)ccc1C(=O)NCc1cn[nH]c1N. The first-order valence-electron chi connectivity index (χ1n) is 5.43. The predicted molar refractivity (Wildman–Crippen MR) is 67.0 cm³/mol. The van der Waals surface area contributed by atoms with Crippen LogP contribution in [-0.2, 0) is 6.54 Å². The van der Waals surface area contributed by atoms with E-state index in [-0.39, 0.29) is 11.7 Å². The Kier molecular flexibility index (Phi) is 3.18. The molecule has 0 radical (unpaired) electrons. The number of amides is 1. The van der Waals surface area contributed by atoms with Crippen molar-refractivity contribution >= 4 is 11.7 Å². The highest BCUT2D eigenvalue weighted by Gasteiger charge is 2.10. The molecule has 0 spiro atoms.